The summed E-state index contributed by atoms with van der Waals surface area (Å²) < 4.78 is 10.5. The Kier molecular flexibility index (Phi) is 8.31. The van der Waals surface area contributed by atoms with Crippen molar-refractivity contribution in [2.75, 3.05) is 29.8 Å². The number of anilines is 3. The van der Waals surface area contributed by atoms with Crippen LogP contribution >= 0.6 is 11.8 Å². The molecule has 5 rings (SSSR count). The first kappa shape index (κ1) is 28.5. The summed E-state index contributed by atoms with van der Waals surface area (Å²) >= 11 is 1.19. The summed E-state index contributed by atoms with van der Waals surface area (Å²) in [5.74, 6) is -0.207. The van der Waals surface area contributed by atoms with Gasteiger partial charge in [-0.1, -0.05) is 36.0 Å². The Morgan fingerprint density at radius 3 is 2.14 bits per heavy atom. The van der Waals surface area contributed by atoms with Crippen molar-refractivity contribution in [1.29, 1.82) is 0 Å². The van der Waals surface area contributed by atoms with E-state index in [4.69, 9.17) is 9.47 Å². The van der Waals surface area contributed by atoms with Gasteiger partial charge in [-0.2, -0.15) is 0 Å². The third-order valence-corrected chi connectivity index (χ3v) is 7.91. The van der Waals surface area contributed by atoms with Crippen molar-refractivity contribution in [2.24, 2.45) is 0 Å². The highest BCUT2D eigenvalue weighted by Gasteiger charge is 2.40. The molecule has 1 aliphatic rings. The maximum absolute atomic E-state index is 13.6. The highest BCUT2D eigenvalue weighted by Crippen LogP contribution is 2.38. The van der Waals surface area contributed by atoms with Crippen molar-refractivity contribution >= 4 is 46.5 Å². The van der Waals surface area contributed by atoms with E-state index in [9.17, 15) is 14.4 Å². The van der Waals surface area contributed by atoms with Gasteiger partial charge in [0.05, 0.1) is 25.5 Å². The molecule has 0 spiro atoms. The third-order valence-electron chi connectivity index (χ3n) is 6.82. The van der Waals surface area contributed by atoms with Crippen molar-refractivity contribution in [1.82, 2.24) is 0 Å². The number of amides is 3. The number of hydrogen-bond acceptors (Lipinski definition) is 7. The molecule has 4 aromatic carbocycles. The summed E-state index contributed by atoms with van der Waals surface area (Å²) in [5, 5.41) is 6.07. The lowest BCUT2D eigenvalue weighted by molar-refractivity contribution is -0.120. The van der Waals surface area contributed by atoms with Crippen LogP contribution in [0.2, 0.25) is 0 Å². The summed E-state index contributed by atoms with van der Waals surface area (Å²) in [5.41, 5.74) is 4.53. The van der Waals surface area contributed by atoms with Crippen LogP contribution in [0.1, 0.15) is 21.5 Å². The molecule has 1 aliphatic heterocycles. The molecule has 3 amide bonds. The molecule has 9 heteroatoms. The monoisotopic (exact) mass is 579 g/mol. The molecule has 0 bridgehead atoms. The van der Waals surface area contributed by atoms with Gasteiger partial charge in [-0.15, -0.1) is 0 Å². The number of carbonyl (C=O) groups excluding carboxylic acids is 3. The van der Waals surface area contributed by atoms with Crippen molar-refractivity contribution in [3.05, 3.63) is 118 Å². The van der Waals surface area contributed by atoms with E-state index in [1.807, 2.05) is 38.1 Å². The van der Waals surface area contributed by atoms with Crippen LogP contribution in [0, 0.1) is 13.8 Å². The van der Waals surface area contributed by atoms with Crippen molar-refractivity contribution in [3.63, 3.8) is 0 Å². The van der Waals surface area contributed by atoms with E-state index in [0.29, 0.717) is 34.1 Å². The molecular formula is C33H29N3O5S. The van der Waals surface area contributed by atoms with Gasteiger partial charge in [-0.25, -0.2) is 4.90 Å². The molecule has 212 valence electrons. The smallest absolute Gasteiger partial charge is 0.283 e. The van der Waals surface area contributed by atoms with Gasteiger partial charge >= 0.3 is 0 Å². The molecule has 4 aromatic rings. The molecule has 1 heterocycles. The lowest BCUT2D eigenvalue weighted by atomic mass is 10.1. The molecule has 0 radical (unpaired) electrons. The normalized spacial score (nSPS) is 12.9. The second-order valence-electron chi connectivity index (χ2n) is 9.56. The minimum Gasteiger partial charge on any atom is -0.497 e. The maximum Gasteiger partial charge on any atom is 0.283 e. The van der Waals surface area contributed by atoms with E-state index >= 15 is 0 Å². The average molecular weight is 580 g/mol. The van der Waals surface area contributed by atoms with E-state index in [0.717, 1.165) is 16.0 Å². The fourth-order valence-corrected chi connectivity index (χ4v) is 5.33. The number of imide groups is 1. The highest BCUT2D eigenvalue weighted by molar-refractivity contribution is 8.04. The Balaban J connectivity index is 1.40. The van der Waals surface area contributed by atoms with Crippen molar-refractivity contribution in [3.8, 4) is 11.5 Å². The summed E-state index contributed by atoms with van der Waals surface area (Å²) in [6.45, 7) is 4.01. The number of ether oxygens (including phenoxy) is 2. The van der Waals surface area contributed by atoms with Crippen molar-refractivity contribution < 1.29 is 23.9 Å². The second-order valence-corrected chi connectivity index (χ2v) is 10.6. The van der Waals surface area contributed by atoms with Crippen LogP contribution in [-0.2, 0) is 9.59 Å². The number of rotatable bonds is 9. The number of thioether (sulfide) groups is 1. The zero-order valence-corrected chi connectivity index (χ0v) is 24.4. The number of nitrogens with zero attached hydrogens (tertiary/aromatic N) is 1. The third kappa shape index (κ3) is 5.87. The first-order chi connectivity index (χ1) is 20.3. The van der Waals surface area contributed by atoms with E-state index in [1.165, 1.54) is 23.8 Å². The topological polar surface area (TPSA) is 97.0 Å². The van der Waals surface area contributed by atoms with Crippen LogP contribution in [0.25, 0.3) is 0 Å². The van der Waals surface area contributed by atoms with Gasteiger partial charge in [0, 0.05) is 22.3 Å². The lowest BCUT2D eigenvalue weighted by Crippen LogP contribution is -2.32. The fourth-order valence-electron chi connectivity index (χ4n) is 4.40. The predicted octanol–water partition coefficient (Wildman–Crippen LogP) is 6.56. The van der Waals surface area contributed by atoms with Gasteiger partial charge in [0.15, 0.2) is 0 Å². The van der Waals surface area contributed by atoms with Crippen LogP contribution in [0.15, 0.2) is 106 Å². The van der Waals surface area contributed by atoms with Gasteiger partial charge in [0.25, 0.3) is 17.7 Å². The van der Waals surface area contributed by atoms with E-state index in [-0.39, 0.29) is 16.5 Å². The van der Waals surface area contributed by atoms with Crippen LogP contribution in [0.4, 0.5) is 17.1 Å². The van der Waals surface area contributed by atoms with Crippen LogP contribution in [0.3, 0.4) is 0 Å². The highest BCUT2D eigenvalue weighted by atomic mass is 32.2. The molecule has 0 saturated heterocycles. The maximum atomic E-state index is 13.6. The van der Waals surface area contributed by atoms with Gasteiger partial charge in [0.2, 0.25) is 0 Å². The molecule has 42 heavy (non-hydrogen) atoms. The van der Waals surface area contributed by atoms with E-state index in [2.05, 4.69) is 10.6 Å². The zero-order chi connectivity index (χ0) is 29.8. The first-order valence-electron chi connectivity index (χ1n) is 13.1. The van der Waals surface area contributed by atoms with Crippen LogP contribution < -0.4 is 25.0 Å². The largest absolute Gasteiger partial charge is 0.497 e. The molecule has 0 unspecified atom stereocenters. The van der Waals surface area contributed by atoms with Gasteiger partial charge in [-0.05, 0) is 85.6 Å². The summed E-state index contributed by atoms with van der Waals surface area (Å²) in [7, 11) is 3.03. The fraction of sp³-hybridized carbons (Fsp3) is 0.121. The van der Waals surface area contributed by atoms with Gasteiger partial charge < -0.3 is 20.1 Å². The van der Waals surface area contributed by atoms with Crippen LogP contribution in [-0.4, -0.2) is 31.9 Å². The van der Waals surface area contributed by atoms with Gasteiger partial charge in [-0.3, -0.25) is 14.4 Å². The summed E-state index contributed by atoms with van der Waals surface area (Å²) in [6.07, 6.45) is 0. The predicted molar refractivity (Wildman–Crippen MR) is 165 cm³/mol. The lowest BCUT2D eigenvalue weighted by Gasteiger charge is -2.15. The number of methoxy groups -OCH3 is 2. The standard InChI is InChI=1S/C33H29N3O5S/c1-20-10-11-23(18-21(20)2)34-29-30(33(39)36(32(29)38)24-8-6-5-7-9-24)42-26-15-12-22(13-16-26)35-31(37)27-17-14-25(40-3)19-28(27)41-4/h5-19,34H,1-4H3,(H,35,37). The van der Waals surface area contributed by atoms with E-state index < -0.39 is 11.8 Å². The Morgan fingerprint density at radius 1 is 0.762 bits per heavy atom. The molecule has 0 aromatic heterocycles. The van der Waals surface area contributed by atoms with E-state index in [1.54, 1.807) is 73.8 Å². The minimum absolute atomic E-state index is 0.209. The molecule has 8 nitrogen and oxygen atoms in total. The number of para-hydroxylation sites is 1. The number of aryl methyl sites for hydroxylation is 2. The SMILES string of the molecule is COc1ccc(C(=O)Nc2ccc(SC3=C(Nc4ccc(C)c(C)c4)C(=O)N(c4ccccc4)C3=O)cc2)c(OC)c1. The molecular weight excluding hydrogens is 550 g/mol. The van der Waals surface area contributed by atoms with Crippen molar-refractivity contribution in [2.45, 2.75) is 18.7 Å². The van der Waals surface area contributed by atoms with Gasteiger partial charge in [0.1, 0.15) is 22.1 Å². The quantitative estimate of drug-likeness (QED) is 0.217. The van der Waals surface area contributed by atoms with Crippen LogP contribution in [0.5, 0.6) is 11.5 Å². The Labute approximate surface area is 248 Å². The minimum atomic E-state index is -0.427. The number of hydrogen-bond donors (Lipinski definition) is 2. The molecule has 0 atom stereocenters. The number of benzene rings is 4. The zero-order valence-electron chi connectivity index (χ0n) is 23.6. The summed E-state index contributed by atoms with van der Waals surface area (Å²) in [6, 6.07) is 26.7. The number of carbonyl (C=O) groups is 3. The average Bonchev–Trinajstić information content (AvgIpc) is 3.23. The molecule has 0 fully saturated rings. The Bertz CT molecular complexity index is 1700. The Hall–Kier alpha value is -5.02. The second kappa shape index (κ2) is 12.2. The molecule has 2 N–H and O–H groups in total. The summed E-state index contributed by atoms with van der Waals surface area (Å²) in [4.78, 5) is 42.3. The Morgan fingerprint density at radius 2 is 1.48 bits per heavy atom. The first-order valence-corrected chi connectivity index (χ1v) is 13.9. The molecule has 0 aliphatic carbocycles. The number of nitrogens with one attached hydrogen (secondary N) is 2. The molecule has 0 saturated carbocycles.